The summed E-state index contributed by atoms with van der Waals surface area (Å²) in [6.45, 7) is 0. The molecule has 1 saturated carbocycles. The van der Waals surface area contributed by atoms with Crippen LogP contribution in [0, 0.1) is 0 Å². The van der Waals surface area contributed by atoms with Crippen LogP contribution in [0.2, 0.25) is 0 Å². The summed E-state index contributed by atoms with van der Waals surface area (Å²) in [6.07, 6.45) is 7.35. The predicted octanol–water partition coefficient (Wildman–Crippen LogP) is 6.27. The van der Waals surface area contributed by atoms with Gasteiger partial charge in [0.15, 0.2) is 0 Å². The van der Waals surface area contributed by atoms with Crippen molar-refractivity contribution in [2.75, 3.05) is 10.7 Å². The third kappa shape index (κ3) is 3.75. The van der Waals surface area contributed by atoms with Crippen LogP contribution >= 0.6 is 23.5 Å². The summed E-state index contributed by atoms with van der Waals surface area (Å²) in [5, 5.41) is 0.762. The van der Waals surface area contributed by atoms with E-state index in [4.69, 9.17) is 0 Å². The van der Waals surface area contributed by atoms with Gasteiger partial charge >= 0.3 is 0 Å². The molecular weight excluding hydrogens is 346 g/mol. The van der Waals surface area contributed by atoms with Gasteiger partial charge in [-0.2, -0.15) is 11.8 Å². The van der Waals surface area contributed by atoms with Crippen molar-refractivity contribution in [2.45, 2.75) is 53.6 Å². The molecule has 1 aliphatic heterocycles. The van der Waals surface area contributed by atoms with Gasteiger partial charge in [0.2, 0.25) is 5.91 Å². The summed E-state index contributed by atoms with van der Waals surface area (Å²) in [4.78, 5) is 17.3. The van der Waals surface area contributed by atoms with Crippen LogP contribution in [0.1, 0.15) is 38.5 Å². The lowest BCUT2D eigenvalue weighted by molar-refractivity contribution is -0.117. The lowest BCUT2D eigenvalue weighted by atomic mass is 10.0. The minimum Gasteiger partial charge on any atom is -0.279 e. The van der Waals surface area contributed by atoms with Crippen molar-refractivity contribution in [3.05, 3.63) is 48.5 Å². The van der Waals surface area contributed by atoms with E-state index < -0.39 is 0 Å². The number of benzene rings is 2. The van der Waals surface area contributed by atoms with Gasteiger partial charge in [-0.25, -0.2) is 0 Å². The second-order valence-electron chi connectivity index (χ2n) is 6.65. The Kier molecular flexibility index (Phi) is 5.37. The highest BCUT2D eigenvalue weighted by Crippen LogP contribution is 2.48. The average molecular weight is 370 g/mol. The number of nitrogens with zero attached hydrogens (tertiary/aromatic N) is 1. The third-order valence-corrected chi connectivity index (χ3v) is 7.42. The van der Waals surface area contributed by atoms with Gasteiger partial charge in [0.1, 0.15) is 0 Å². The van der Waals surface area contributed by atoms with Crippen LogP contribution < -0.4 is 4.90 Å². The van der Waals surface area contributed by atoms with E-state index in [9.17, 15) is 4.79 Å². The van der Waals surface area contributed by atoms with Crippen molar-refractivity contribution >= 4 is 40.8 Å². The SMILES string of the molecule is O=C(CCSC1CCCCC1)N1c2ccccc2Sc2ccccc21. The van der Waals surface area contributed by atoms with E-state index >= 15 is 0 Å². The maximum atomic E-state index is 13.1. The Hall–Kier alpha value is -1.39. The standard InChI is InChI=1S/C21H23NOS2/c23-21(14-15-24-16-8-2-1-3-9-16)22-17-10-4-6-12-19(17)25-20-13-7-5-11-18(20)22/h4-7,10-13,16H,1-3,8-9,14-15H2. The van der Waals surface area contributed by atoms with Crippen LogP contribution in [-0.4, -0.2) is 16.9 Å². The van der Waals surface area contributed by atoms with Gasteiger partial charge in [-0.05, 0) is 37.1 Å². The number of amides is 1. The highest BCUT2D eigenvalue weighted by molar-refractivity contribution is 8.00. The Morgan fingerprint density at radius 2 is 1.56 bits per heavy atom. The fraction of sp³-hybridized carbons (Fsp3) is 0.381. The molecule has 0 atom stereocenters. The number of carbonyl (C=O) groups is 1. The van der Waals surface area contributed by atoms with Gasteiger partial charge < -0.3 is 0 Å². The zero-order valence-electron chi connectivity index (χ0n) is 14.3. The molecule has 0 saturated heterocycles. The summed E-state index contributed by atoms with van der Waals surface area (Å²) in [7, 11) is 0. The molecule has 0 bridgehead atoms. The first kappa shape index (κ1) is 17.0. The van der Waals surface area contributed by atoms with Gasteiger partial charge in [-0.3, -0.25) is 9.69 Å². The second-order valence-corrected chi connectivity index (χ2v) is 9.14. The summed E-state index contributed by atoms with van der Waals surface area (Å²) < 4.78 is 0. The van der Waals surface area contributed by atoms with Crippen molar-refractivity contribution in [3.63, 3.8) is 0 Å². The van der Waals surface area contributed by atoms with Gasteiger partial charge in [0.05, 0.1) is 11.4 Å². The average Bonchev–Trinajstić information content (AvgIpc) is 2.66. The molecule has 25 heavy (non-hydrogen) atoms. The highest BCUT2D eigenvalue weighted by Gasteiger charge is 2.27. The fourth-order valence-electron chi connectivity index (χ4n) is 3.63. The van der Waals surface area contributed by atoms with Crippen LogP contribution in [0.3, 0.4) is 0 Å². The third-order valence-electron chi connectivity index (χ3n) is 4.90. The lowest BCUT2D eigenvalue weighted by Gasteiger charge is -2.31. The summed E-state index contributed by atoms with van der Waals surface area (Å²) in [5.74, 6) is 1.14. The van der Waals surface area contributed by atoms with E-state index in [0.29, 0.717) is 6.42 Å². The van der Waals surface area contributed by atoms with E-state index in [1.807, 2.05) is 40.9 Å². The number of hydrogen-bond acceptors (Lipinski definition) is 3. The molecule has 0 unspecified atom stereocenters. The summed E-state index contributed by atoms with van der Waals surface area (Å²) >= 11 is 3.75. The Morgan fingerprint density at radius 1 is 0.960 bits per heavy atom. The summed E-state index contributed by atoms with van der Waals surface area (Å²) in [6, 6.07) is 16.5. The molecule has 1 heterocycles. The van der Waals surface area contributed by atoms with Crippen molar-refractivity contribution in [1.82, 2.24) is 0 Å². The van der Waals surface area contributed by atoms with Gasteiger partial charge in [0.25, 0.3) is 0 Å². The van der Waals surface area contributed by atoms with Crippen LogP contribution in [0.5, 0.6) is 0 Å². The Bertz CT molecular complexity index is 710. The van der Waals surface area contributed by atoms with Gasteiger partial charge in [-0.1, -0.05) is 55.3 Å². The topological polar surface area (TPSA) is 20.3 Å². The molecule has 2 aliphatic rings. The molecule has 2 nitrogen and oxygen atoms in total. The van der Waals surface area contributed by atoms with Crippen LogP contribution in [0.15, 0.2) is 58.3 Å². The number of anilines is 2. The maximum absolute atomic E-state index is 13.1. The molecule has 0 N–H and O–H groups in total. The van der Waals surface area contributed by atoms with Crippen LogP contribution in [0.25, 0.3) is 0 Å². The Labute approximate surface area is 158 Å². The quantitative estimate of drug-likeness (QED) is 0.633. The first-order valence-corrected chi connectivity index (χ1v) is 11.0. The first-order chi connectivity index (χ1) is 12.3. The molecular formula is C21H23NOS2. The maximum Gasteiger partial charge on any atom is 0.232 e. The smallest absolute Gasteiger partial charge is 0.232 e. The van der Waals surface area contributed by atoms with E-state index in [1.165, 1.54) is 32.1 Å². The summed E-state index contributed by atoms with van der Waals surface area (Å²) in [5.41, 5.74) is 2.05. The van der Waals surface area contributed by atoms with Crippen LogP contribution in [0.4, 0.5) is 11.4 Å². The number of rotatable bonds is 4. The van der Waals surface area contributed by atoms with Gasteiger partial charge in [0, 0.05) is 27.2 Å². The number of fused-ring (bicyclic) bond motifs is 2. The Morgan fingerprint density at radius 3 is 2.20 bits per heavy atom. The minimum atomic E-state index is 0.212. The molecule has 2 aromatic carbocycles. The largest absolute Gasteiger partial charge is 0.279 e. The monoisotopic (exact) mass is 369 g/mol. The van der Waals surface area contributed by atoms with E-state index in [0.717, 1.165) is 32.2 Å². The molecule has 2 aromatic rings. The molecule has 0 aromatic heterocycles. The molecule has 1 fully saturated rings. The molecule has 4 heteroatoms. The fourth-order valence-corrected chi connectivity index (χ4v) is 5.98. The van der Waals surface area contributed by atoms with Crippen molar-refractivity contribution in [2.24, 2.45) is 0 Å². The molecule has 0 radical (unpaired) electrons. The first-order valence-electron chi connectivity index (χ1n) is 9.13. The number of para-hydroxylation sites is 2. The molecule has 130 valence electrons. The van der Waals surface area contributed by atoms with Crippen molar-refractivity contribution in [3.8, 4) is 0 Å². The number of carbonyl (C=O) groups excluding carboxylic acids is 1. The van der Waals surface area contributed by atoms with E-state index in [2.05, 4.69) is 24.3 Å². The second kappa shape index (κ2) is 7.88. The van der Waals surface area contributed by atoms with Gasteiger partial charge in [-0.15, -0.1) is 0 Å². The zero-order valence-corrected chi connectivity index (χ0v) is 16.0. The lowest BCUT2D eigenvalue weighted by Crippen LogP contribution is -2.28. The molecule has 1 aliphatic carbocycles. The highest BCUT2D eigenvalue weighted by atomic mass is 32.2. The molecule has 1 amide bonds. The van der Waals surface area contributed by atoms with Crippen molar-refractivity contribution in [1.29, 1.82) is 0 Å². The normalized spacial score (nSPS) is 17.0. The number of hydrogen-bond donors (Lipinski definition) is 0. The van der Waals surface area contributed by atoms with E-state index in [-0.39, 0.29) is 5.91 Å². The molecule has 4 rings (SSSR count). The minimum absolute atomic E-state index is 0.212. The number of thioether (sulfide) groups is 1. The van der Waals surface area contributed by atoms with Crippen molar-refractivity contribution < 1.29 is 4.79 Å². The van der Waals surface area contributed by atoms with E-state index in [1.54, 1.807) is 11.8 Å². The molecule has 0 spiro atoms. The Balaban J connectivity index is 1.49. The predicted molar refractivity (Wildman–Crippen MR) is 108 cm³/mol. The zero-order chi connectivity index (χ0) is 17.1. The van der Waals surface area contributed by atoms with Crippen LogP contribution in [-0.2, 0) is 4.79 Å².